The first-order valence-electron chi connectivity index (χ1n) is 10.5. The normalized spacial score (nSPS) is 21.6. The van der Waals surface area contributed by atoms with E-state index in [1.54, 1.807) is 12.4 Å². The molecule has 5 rings (SSSR count). The van der Waals surface area contributed by atoms with Crippen LogP contribution in [-0.4, -0.2) is 39.9 Å². The molecule has 1 saturated carbocycles. The number of rotatable bonds is 7. The van der Waals surface area contributed by atoms with E-state index in [0.717, 1.165) is 61.1 Å². The first-order valence-corrected chi connectivity index (χ1v) is 10.9. The van der Waals surface area contributed by atoms with Gasteiger partial charge in [0.05, 0.1) is 24.0 Å². The quantitative estimate of drug-likeness (QED) is 0.551. The van der Waals surface area contributed by atoms with Gasteiger partial charge in [-0.25, -0.2) is 9.97 Å². The van der Waals surface area contributed by atoms with Gasteiger partial charge in [0.1, 0.15) is 5.75 Å². The highest BCUT2D eigenvalue weighted by Gasteiger charge is 2.43. The van der Waals surface area contributed by atoms with Gasteiger partial charge in [-0.05, 0) is 61.6 Å². The summed E-state index contributed by atoms with van der Waals surface area (Å²) in [6.07, 6.45) is 9.53. The number of hydrogen-bond donors (Lipinski definition) is 0. The Kier molecular flexibility index (Phi) is 5.53. The molecule has 30 heavy (non-hydrogen) atoms. The lowest BCUT2D eigenvalue weighted by molar-refractivity contribution is 0.284. The van der Waals surface area contributed by atoms with Gasteiger partial charge in [0.15, 0.2) is 0 Å². The topological polar surface area (TPSA) is 77.2 Å². The highest BCUT2D eigenvalue weighted by Crippen LogP contribution is 2.49. The molecule has 156 valence electrons. The summed E-state index contributed by atoms with van der Waals surface area (Å²) in [7, 11) is 0. The van der Waals surface area contributed by atoms with Gasteiger partial charge in [0.25, 0.3) is 0 Å². The molecule has 0 unspecified atom stereocenters. The van der Waals surface area contributed by atoms with E-state index < -0.39 is 0 Å². The van der Waals surface area contributed by atoms with Crippen molar-refractivity contribution in [3.8, 4) is 17.2 Å². The maximum absolute atomic E-state index is 5.99. The van der Waals surface area contributed by atoms with Gasteiger partial charge < -0.3 is 14.1 Å². The van der Waals surface area contributed by atoms with Crippen LogP contribution >= 0.6 is 11.6 Å². The number of hydrogen-bond acceptors (Lipinski definition) is 7. The summed E-state index contributed by atoms with van der Waals surface area (Å²) < 4.78 is 11.2. The molecule has 0 radical (unpaired) electrons. The monoisotopic (exact) mass is 425 g/mol. The summed E-state index contributed by atoms with van der Waals surface area (Å²) in [5.74, 6) is 4.58. The summed E-state index contributed by atoms with van der Waals surface area (Å²) in [5.41, 5.74) is 0.880. The summed E-state index contributed by atoms with van der Waals surface area (Å²) in [5, 5.41) is 8.26. The highest BCUT2D eigenvalue weighted by atomic mass is 35.5. The van der Waals surface area contributed by atoms with E-state index in [0.29, 0.717) is 10.9 Å². The van der Waals surface area contributed by atoms with Gasteiger partial charge in [0.2, 0.25) is 18.2 Å². The van der Waals surface area contributed by atoms with E-state index in [1.165, 1.54) is 25.7 Å². The van der Waals surface area contributed by atoms with Crippen molar-refractivity contribution in [1.82, 2.24) is 20.2 Å². The number of nitrogens with zero attached hydrogens (tertiary/aromatic N) is 5. The Hall–Kier alpha value is -2.67. The summed E-state index contributed by atoms with van der Waals surface area (Å²) >= 11 is 5.89. The van der Waals surface area contributed by atoms with Crippen LogP contribution in [0, 0.1) is 17.8 Å². The minimum Gasteiger partial charge on any atom is -0.494 e. The maximum atomic E-state index is 5.99. The van der Waals surface area contributed by atoms with Gasteiger partial charge in [0, 0.05) is 18.7 Å². The average molecular weight is 426 g/mol. The third-order valence-electron chi connectivity index (χ3n) is 6.21. The molecular formula is C22H24ClN5O2. The molecular weight excluding hydrogens is 402 g/mol. The van der Waals surface area contributed by atoms with Crippen molar-refractivity contribution in [3.05, 3.63) is 48.1 Å². The third-order valence-corrected chi connectivity index (χ3v) is 6.41. The van der Waals surface area contributed by atoms with Crippen LogP contribution in [-0.2, 0) is 0 Å². The van der Waals surface area contributed by atoms with Crippen LogP contribution < -0.4 is 9.64 Å². The Labute approximate surface area is 180 Å². The van der Waals surface area contributed by atoms with Crippen molar-refractivity contribution >= 4 is 17.5 Å². The van der Waals surface area contributed by atoms with Gasteiger partial charge >= 0.3 is 0 Å². The molecule has 2 aromatic heterocycles. The first-order chi connectivity index (χ1) is 14.8. The minimum atomic E-state index is 0.512. The fourth-order valence-electron chi connectivity index (χ4n) is 4.52. The Morgan fingerprint density at radius 1 is 1.17 bits per heavy atom. The molecule has 2 aliphatic rings. The number of piperidine rings is 1. The molecule has 0 amide bonds. The van der Waals surface area contributed by atoms with Crippen LogP contribution in [0.15, 0.2) is 47.5 Å². The molecule has 1 saturated heterocycles. The second-order valence-electron chi connectivity index (χ2n) is 8.09. The van der Waals surface area contributed by atoms with E-state index >= 15 is 0 Å². The predicted molar refractivity (Wildman–Crippen MR) is 113 cm³/mol. The Morgan fingerprint density at radius 3 is 2.77 bits per heavy atom. The van der Waals surface area contributed by atoms with Gasteiger partial charge in [-0.15, -0.1) is 10.2 Å². The number of anilines is 1. The van der Waals surface area contributed by atoms with Crippen LogP contribution in [0.2, 0.25) is 5.02 Å². The fraction of sp³-hybridized carbons (Fsp3) is 0.455. The molecule has 7 nitrogen and oxygen atoms in total. The minimum absolute atomic E-state index is 0.512. The summed E-state index contributed by atoms with van der Waals surface area (Å²) in [6.45, 7) is 2.79. The molecule has 0 bridgehead atoms. The predicted octanol–water partition coefficient (Wildman–Crippen LogP) is 4.50. The Morgan fingerprint density at radius 2 is 2.00 bits per heavy atom. The van der Waals surface area contributed by atoms with Crippen LogP contribution in [0.5, 0.6) is 5.75 Å². The SMILES string of the molecule is Clc1cnc(N2CCC([C@@H]3C[C@@H]3CCOc3cccc(-c4nnco4)c3)CC2)nc1. The molecule has 1 aliphatic carbocycles. The van der Waals surface area contributed by atoms with Gasteiger partial charge in [-0.1, -0.05) is 17.7 Å². The standard InChI is InChI=1S/C22H24ClN5O2/c23-18-12-24-22(25-13-18)28-7-4-15(5-8-28)20-11-16(20)6-9-29-19-3-1-2-17(10-19)21-27-26-14-30-21/h1-3,10,12-16,20H,4-9,11H2/t16-,20-/m0/s1. The van der Waals surface area contributed by atoms with Crippen molar-refractivity contribution in [3.63, 3.8) is 0 Å². The Balaban J connectivity index is 1.06. The molecule has 0 N–H and O–H groups in total. The van der Waals surface area contributed by atoms with Crippen LogP contribution in [0.3, 0.4) is 0 Å². The number of halogens is 1. The molecule has 8 heteroatoms. The fourth-order valence-corrected chi connectivity index (χ4v) is 4.62. The van der Waals surface area contributed by atoms with Gasteiger partial charge in [-0.2, -0.15) is 0 Å². The molecule has 3 heterocycles. The zero-order valence-electron chi connectivity index (χ0n) is 16.7. The van der Waals surface area contributed by atoms with E-state index in [2.05, 4.69) is 25.1 Å². The van der Waals surface area contributed by atoms with E-state index in [9.17, 15) is 0 Å². The summed E-state index contributed by atoms with van der Waals surface area (Å²) in [6, 6.07) is 7.82. The van der Waals surface area contributed by atoms with Crippen LogP contribution in [0.25, 0.3) is 11.5 Å². The number of ether oxygens (including phenoxy) is 1. The molecule has 1 aromatic carbocycles. The van der Waals surface area contributed by atoms with E-state index in [-0.39, 0.29) is 0 Å². The average Bonchev–Trinajstić information content (AvgIpc) is 3.33. The second-order valence-corrected chi connectivity index (χ2v) is 8.53. The van der Waals surface area contributed by atoms with Gasteiger partial charge in [-0.3, -0.25) is 0 Å². The van der Waals surface area contributed by atoms with Crippen molar-refractivity contribution in [2.75, 3.05) is 24.6 Å². The van der Waals surface area contributed by atoms with E-state index in [4.69, 9.17) is 20.8 Å². The second kappa shape index (κ2) is 8.60. The zero-order chi connectivity index (χ0) is 20.3. The van der Waals surface area contributed by atoms with Crippen molar-refractivity contribution in [2.45, 2.75) is 25.7 Å². The van der Waals surface area contributed by atoms with Crippen molar-refractivity contribution < 1.29 is 9.15 Å². The lowest BCUT2D eigenvalue weighted by atomic mass is 9.90. The lowest BCUT2D eigenvalue weighted by Gasteiger charge is -2.32. The molecule has 3 aromatic rings. The molecule has 2 fully saturated rings. The molecule has 2 atom stereocenters. The third kappa shape index (κ3) is 4.41. The largest absolute Gasteiger partial charge is 0.494 e. The smallest absolute Gasteiger partial charge is 0.247 e. The van der Waals surface area contributed by atoms with Crippen LogP contribution in [0.4, 0.5) is 5.95 Å². The highest BCUT2D eigenvalue weighted by molar-refractivity contribution is 6.30. The van der Waals surface area contributed by atoms with Crippen molar-refractivity contribution in [1.29, 1.82) is 0 Å². The van der Waals surface area contributed by atoms with E-state index in [1.807, 2.05) is 24.3 Å². The van der Waals surface area contributed by atoms with Crippen LogP contribution in [0.1, 0.15) is 25.7 Å². The summed E-state index contributed by atoms with van der Waals surface area (Å²) in [4.78, 5) is 11.0. The molecule has 1 aliphatic heterocycles. The zero-order valence-corrected chi connectivity index (χ0v) is 17.4. The number of benzene rings is 1. The molecule has 0 spiro atoms. The van der Waals surface area contributed by atoms with Crippen molar-refractivity contribution in [2.24, 2.45) is 17.8 Å². The Bertz CT molecular complexity index is 958. The number of aromatic nitrogens is 4. The lowest BCUT2D eigenvalue weighted by Crippen LogP contribution is -2.35. The maximum Gasteiger partial charge on any atom is 0.247 e. The first kappa shape index (κ1) is 19.3.